The molecule has 1 atom stereocenters. The van der Waals surface area contributed by atoms with Crippen molar-refractivity contribution in [3.05, 3.63) is 0 Å². The van der Waals surface area contributed by atoms with Gasteiger partial charge < -0.3 is 10.1 Å². The molecule has 0 aliphatic carbocycles. The molecule has 0 bridgehead atoms. The van der Waals surface area contributed by atoms with Gasteiger partial charge in [-0.3, -0.25) is 0 Å². The highest BCUT2D eigenvalue weighted by molar-refractivity contribution is 6.50. The SMILES string of the molecule is N[SiH2]C1([SiH3])CCCCO1. The number of nitrogens with two attached hydrogens (primary N) is 1. The monoisotopic (exact) mass is 161 g/mol. The van der Waals surface area contributed by atoms with E-state index in [0.717, 1.165) is 16.8 Å². The van der Waals surface area contributed by atoms with Gasteiger partial charge in [0, 0.05) is 21.7 Å². The summed E-state index contributed by atoms with van der Waals surface area (Å²) in [6.45, 7) is 0.966. The normalized spacial score (nSPS) is 38.3. The van der Waals surface area contributed by atoms with Crippen LogP contribution in [-0.2, 0) is 4.74 Å². The first-order valence-electron chi connectivity index (χ1n) is 3.61. The first-order chi connectivity index (χ1) is 4.27. The molecule has 0 spiro atoms. The zero-order valence-electron chi connectivity index (χ0n) is 6.02. The predicted molar refractivity (Wildman–Crippen MR) is 45.2 cm³/mol. The summed E-state index contributed by atoms with van der Waals surface area (Å²) in [6, 6.07) is 0. The van der Waals surface area contributed by atoms with Gasteiger partial charge >= 0.3 is 0 Å². The summed E-state index contributed by atoms with van der Waals surface area (Å²) in [5, 5.41) is 5.69. The van der Waals surface area contributed by atoms with Gasteiger partial charge in [0.15, 0.2) is 0 Å². The Morgan fingerprint density at radius 1 is 1.56 bits per heavy atom. The summed E-state index contributed by atoms with van der Waals surface area (Å²) in [5.74, 6) is 0. The highest BCUT2D eigenvalue weighted by Crippen LogP contribution is 2.18. The molecule has 4 heteroatoms. The summed E-state index contributed by atoms with van der Waals surface area (Å²) in [5.41, 5.74) is 0. The van der Waals surface area contributed by atoms with E-state index in [-0.39, 0.29) is 14.5 Å². The fourth-order valence-electron chi connectivity index (χ4n) is 1.15. The third-order valence-electron chi connectivity index (χ3n) is 1.98. The summed E-state index contributed by atoms with van der Waals surface area (Å²) >= 11 is 0. The molecule has 54 valence electrons. The molecule has 0 aromatic heterocycles. The molecule has 0 aromatic carbocycles. The van der Waals surface area contributed by atoms with E-state index >= 15 is 0 Å². The topological polar surface area (TPSA) is 35.2 Å². The second kappa shape index (κ2) is 2.96. The number of hydrogen-bond acceptors (Lipinski definition) is 2. The number of rotatable bonds is 1. The lowest BCUT2D eigenvalue weighted by Gasteiger charge is -2.32. The maximum atomic E-state index is 5.69. The highest BCUT2D eigenvalue weighted by Gasteiger charge is 2.25. The third-order valence-corrected chi connectivity index (χ3v) is 5.42. The molecule has 1 aliphatic rings. The average Bonchev–Trinajstić information content (AvgIpc) is 1.90. The lowest BCUT2D eigenvalue weighted by atomic mass is 10.2. The largest absolute Gasteiger partial charge is 0.382 e. The molecule has 9 heavy (non-hydrogen) atoms. The molecule has 0 saturated carbocycles. The Bertz CT molecular complexity index is 93.0. The van der Waals surface area contributed by atoms with Crippen LogP contribution in [0, 0.1) is 0 Å². The van der Waals surface area contributed by atoms with Crippen LogP contribution in [0.4, 0.5) is 0 Å². The van der Waals surface area contributed by atoms with Gasteiger partial charge in [-0.2, -0.15) is 0 Å². The van der Waals surface area contributed by atoms with Crippen LogP contribution in [0.3, 0.4) is 0 Å². The van der Waals surface area contributed by atoms with Gasteiger partial charge in [0.25, 0.3) is 0 Å². The van der Waals surface area contributed by atoms with E-state index in [1.807, 2.05) is 0 Å². The second-order valence-electron chi connectivity index (χ2n) is 2.96. The maximum Gasteiger partial charge on any atom is 0.120 e. The number of hydrogen-bond donors (Lipinski definition) is 1. The van der Waals surface area contributed by atoms with Crippen molar-refractivity contribution < 1.29 is 4.74 Å². The highest BCUT2D eigenvalue weighted by atomic mass is 28.3. The van der Waals surface area contributed by atoms with E-state index in [1.165, 1.54) is 19.3 Å². The van der Waals surface area contributed by atoms with Crippen molar-refractivity contribution in [3.8, 4) is 0 Å². The quantitative estimate of drug-likeness (QED) is 0.463. The average molecular weight is 161 g/mol. The third kappa shape index (κ3) is 1.89. The summed E-state index contributed by atoms with van der Waals surface area (Å²) in [7, 11) is 0.756. The minimum absolute atomic E-state index is 0.276. The molecule has 1 saturated heterocycles. The first kappa shape index (κ1) is 7.46. The molecular weight excluding hydrogens is 146 g/mol. The van der Waals surface area contributed by atoms with Crippen LogP contribution in [-0.4, -0.2) is 31.4 Å². The van der Waals surface area contributed by atoms with Gasteiger partial charge in [-0.15, -0.1) is 0 Å². The zero-order chi connectivity index (χ0) is 6.74. The summed E-state index contributed by atoms with van der Waals surface area (Å²) in [4.78, 5) is 0.276. The molecule has 2 N–H and O–H groups in total. The molecule has 1 aliphatic heterocycles. The van der Waals surface area contributed by atoms with E-state index in [0.29, 0.717) is 0 Å². The van der Waals surface area contributed by atoms with Crippen molar-refractivity contribution in [1.82, 2.24) is 0 Å². The summed E-state index contributed by atoms with van der Waals surface area (Å²) < 4.78 is 5.61. The van der Waals surface area contributed by atoms with Gasteiger partial charge in [0.1, 0.15) is 9.68 Å². The molecule has 0 radical (unpaired) electrons. The smallest absolute Gasteiger partial charge is 0.120 e. The van der Waals surface area contributed by atoms with Crippen LogP contribution in [0.5, 0.6) is 0 Å². The van der Waals surface area contributed by atoms with E-state index < -0.39 is 0 Å². The van der Waals surface area contributed by atoms with E-state index in [2.05, 4.69) is 0 Å². The maximum absolute atomic E-state index is 5.69. The Kier molecular flexibility index (Phi) is 2.45. The van der Waals surface area contributed by atoms with Crippen molar-refractivity contribution in [3.63, 3.8) is 0 Å². The van der Waals surface area contributed by atoms with E-state index in [1.54, 1.807) is 0 Å². The van der Waals surface area contributed by atoms with Crippen LogP contribution < -0.4 is 5.40 Å². The first-order valence-corrected chi connectivity index (χ1v) is 6.13. The minimum atomic E-state index is -0.389. The molecule has 0 amide bonds. The van der Waals surface area contributed by atoms with E-state index in [4.69, 9.17) is 10.1 Å². The molecule has 1 fully saturated rings. The molecule has 1 heterocycles. The predicted octanol–water partition coefficient (Wildman–Crippen LogP) is -1.75. The van der Waals surface area contributed by atoms with Crippen LogP contribution in [0.15, 0.2) is 0 Å². The van der Waals surface area contributed by atoms with Gasteiger partial charge in [-0.25, -0.2) is 0 Å². The Labute approximate surface area is 61.5 Å². The van der Waals surface area contributed by atoms with Crippen molar-refractivity contribution >= 4 is 19.9 Å². The zero-order valence-corrected chi connectivity index (χ0v) is 9.44. The Hall–Kier alpha value is 0.354. The summed E-state index contributed by atoms with van der Waals surface area (Å²) in [6.07, 6.45) is 3.84. The van der Waals surface area contributed by atoms with E-state index in [9.17, 15) is 0 Å². The van der Waals surface area contributed by atoms with Crippen LogP contribution >= 0.6 is 0 Å². The molecular formula is C5H15NOSi2. The Balaban J connectivity index is 2.37. The molecule has 2 nitrogen and oxygen atoms in total. The standard InChI is InChI=1S/C5H15NOSi2/c6-9-5(8)3-1-2-4-7-5/h1-4,6,9H2,8H3. The molecule has 1 unspecified atom stereocenters. The Morgan fingerprint density at radius 2 is 2.33 bits per heavy atom. The lowest BCUT2D eigenvalue weighted by molar-refractivity contribution is 0.0356. The molecule has 1 rings (SSSR count). The van der Waals surface area contributed by atoms with Gasteiger partial charge in [-0.05, 0) is 19.3 Å². The van der Waals surface area contributed by atoms with Crippen molar-refractivity contribution in [2.24, 2.45) is 5.40 Å². The molecule has 0 aromatic rings. The van der Waals surface area contributed by atoms with Gasteiger partial charge in [0.2, 0.25) is 0 Å². The number of ether oxygens (including phenoxy) is 1. The second-order valence-corrected chi connectivity index (χ2v) is 8.10. The lowest BCUT2D eigenvalue weighted by Crippen LogP contribution is -2.46. The van der Waals surface area contributed by atoms with Gasteiger partial charge in [-0.1, -0.05) is 0 Å². The van der Waals surface area contributed by atoms with Crippen molar-refractivity contribution in [1.29, 1.82) is 0 Å². The van der Waals surface area contributed by atoms with Crippen LogP contribution in [0.2, 0.25) is 0 Å². The minimum Gasteiger partial charge on any atom is -0.382 e. The van der Waals surface area contributed by atoms with Gasteiger partial charge in [0.05, 0.1) is 0 Å². The fraction of sp³-hybridized carbons (Fsp3) is 1.00. The van der Waals surface area contributed by atoms with Crippen molar-refractivity contribution in [2.45, 2.75) is 24.1 Å². The van der Waals surface area contributed by atoms with Crippen LogP contribution in [0.1, 0.15) is 19.3 Å². The van der Waals surface area contributed by atoms with Crippen molar-refractivity contribution in [2.75, 3.05) is 6.61 Å². The Morgan fingerprint density at radius 3 is 2.67 bits per heavy atom. The fourth-order valence-corrected chi connectivity index (χ4v) is 2.43. The van der Waals surface area contributed by atoms with Crippen LogP contribution in [0.25, 0.3) is 0 Å².